The number of hydrogen-bond donors (Lipinski definition) is 0. The standard InChI is InChI=1S/C12H16O3S.C2H6/c1-4-14-12(13)8-15-11-6-5-10(16-3)7-9(11)2;1-2/h5-7H,4,8H2,1-3H3;1-2H3. The van der Waals surface area contributed by atoms with Crippen LogP contribution >= 0.6 is 11.8 Å². The van der Waals surface area contributed by atoms with Crippen LogP contribution in [-0.2, 0) is 9.53 Å². The molecule has 0 unspecified atom stereocenters. The minimum absolute atomic E-state index is 0.0344. The maximum atomic E-state index is 11.1. The van der Waals surface area contributed by atoms with E-state index in [0.29, 0.717) is 6.61 Å². The van der Waals surface area contributed by atoms with Gasteiger partial charge in [0.05, 0.1) is 6.61 Å². The van der Waals surface area contributed by atoms with Gasteiger partial charge in [-0.15, -0.1) is 11.8 Å². The molecule has 0 fully saturated rings. The topological polar surface area (TPSA) is 35.5 Å². The van der Waals surface area contributed by atoms with Crippen molar-refractivity contribution in [1.29, 1.82) is 0 Å². The van der Waals surface area contributed by atoms with E-state index in [1.54, 1.807) is 18.7 Å². The summed E-state index contributed by atoms with van der Waals surface area (Å²) in [6, 6.07) is 5.88. The van der Waals surface area contributed by atoms with Gasteiger partial charge in [-0.1, -0.05) is 13.8 Å². The van der Waals surface area contributed by atoms with Gasteiger partial charge < -0.3 is 9.47 Å². The summed E-state index contributed by atoms with van der Waals surface area (Å²) in [5.74, 6) is 0.390. The van der Waals surface area contributed by atoms with Gasteiger partial charge in [0.15, 0.2) is 6.61 Å². The summed E-state index contributed by atoms with van der Waals surface area (Å²) in [4.78, 5) is 12.3. The Morgan fingerprint density at radius 1 is 1.33 bits per heavy atom. The Morgan fingerprint density at radius 2 is 2.00 bits per heavy atom. The molecule has 0 saturated carbocycles. The van der Waals surface area contributed by atoms with E-state index in [-0.39, 0.29) is 12.6 Å². The molecule has 0 radical (unpaired) electrons. The highest BCUT2D eigenvalue weighted by atomic mass is 32.2. The first-order valence-corrected chi connectivity index (χ1v) is 7.33. The lowest BCUT2D eigenvalue weighted by molar-refractivity contribution is -0.145. The number of esters is 1. The first-order chi connectivity index (χ1) is 8.67. The number of rotatable bonds is 5. The number of carbonyl (C=O) groups excluding carboxylic acids is 1. The molecule has 0 spiro atoms. The highest BCUT2D eigenvalue weighted by molar-refractivity contribution is 7.98. The predicted octanol–water partition coefficient (Wildman–Crippen LogP) is 3.69. The van der Waals surface area contributed by atoms with Gasteiger partial charge in [0, 0.05) is 4.90 Å². The second-order valence-electron chi connectivity index (χ2n) is 3.23. The van der Waals surface area contributed by atoms with E-state index in [1.807, 2.05) is 45.2 Å². The zero-order chi connectivity index (χ0) is 14.0. The molecule has 0 heterocycles. The number of benzene rings is 1. The molecule has 1 rings (SSSR count). The monoisotopic (exact) mass is 270 g/mol. The Bertz CT molecular complexity index is 364. The quantitative estimate of drug-likeness (QED) is 0.604. The molecular formula is C14H22O3S. The molecule has 0 bridgehead atoms. The maximum absolute atomic E-state index is 11.1. The van der Waals surface area contributed by atoms with Crippen LogP contribution in [0.15, 0.2) is 23.1 Å². The van der Waals surface area contributed by atoms with Crippen molar-refractivity contribution in [2.75, 3.05) is 19.5 Å². The predicted molar refractivity (Wildman–Crippen MR) is 76.4 cm³/mol. The average molecular weight is 270 g/mol. The fourth-order valence-electron chi connectivity index (χ4n) is 1.25. The van der Waals surface area contributed by atoms with Crippen LogP contribution in [0.2, 0.25) is 0 Å². The van der Waals surface area contributed by atoms with Crippen molar-refractivity contribution in [3.8, 4) is 5.75 Å². The molecular weight excluding hydrogens is 248 g/mol. The van der Waals surface area contributed by atoms with Gasteiger partial charge in [0.2, 0.25) is 0 Å². The van der Waals surface area contributed by atoms with E-state index in [0.717, 1.165) is 11.3 Å². The number of ether oxygens (including phenoxy) is 2. The van der Waals surface area contributed by atoms with E-state index in [1.165, 1.54) is 4.90 Å². The van der Waals surface area contributed by atoms with Gasteiger partial charge in [0.1, 0.15) is 5.75 Å². The lowest BCUT2D eigenvalue weighted by Crippen LogP contribution is -2.14. The molecule has 18 heavy (non-hydrogen) atoms. The van der Waals surface area contributed by atoms with Crippen molar-refractivity contribution in [3.05, 3.63) is 23.8 Å². The Morgan fingerprint density at radius 3 is 2.50 bits per heavy atom. The fraction of sp³-hybridized carbons (Fsp3) is 0.500. The van der Waals surface area contributed by atoms with Gasteiger partial charge in [0.25, 0.3) is 0 Å². The Kier molecular flexibility index (Phi) is 9.19. The average Bonchev–Trinajstić information content (AvgIpc) is 2.40. The molecule has 0 atom stereocenters. The SMILES string of the molecule is CC.CCOC(=O)COc1ccc(SC)cc1C. The molecule has 3 nitrogen and oxygen atoms in total. The van der Waals surface area contributed by atoms with Crippen LogP contribution in [0.1, 0.15) is 26.3 Å². The first kappa shape index (κ1) is 16.8. The van der Waals surface area contributed by atoms with Crippen LogP contribution in [0, 0.1) is 6.92 Å². The van der Waals surface area contributed by atoms with E-state index >= 15 is 0 Å². The number of aryl methyl sites for hydroxylation is 1. The molecule has 0 amide bonds. The highest BCUT2D eigenvalue weighted by Crippen LogP contribution is 2.23. The molecule has 0 N–H and O–H groups in total. The number of hydrogen-bond acceptors (Lipinski definition) is 4. The summed E-state index contributed by atoms with van der Waals surface area (Å²) >= 11 is 1.68. The molecule has 1 aromatic rings. The Balaban J connectivity index is 0.00000137. The van der Waals surface area contributed by atoms with Crippen LogP contribution in [0.4, 0.5) is 0 Å². The molecule has 1 aromatic carbocycles. The fourth-order valence-corrected chi connectivity index (χ4v) is 1.75. The number of thioether (sulfide) groups is 1. The minimum atomic E-state index is -0.337. The van der Waals surface area contributed by atoms with Gasteiger partial charge in [-0.25, -0.2) is 4.79 Å². The van der Waals surface area contributed by atoms with Crippen molar-refractivity contribution in [2.24, 2.45) is 0 Å². The molecule has 102 valence electrons. The molecule has 0 aromatic heterocycles. The normalized spacial score (nSPS) is 9.17. The second-order valence-corrected chi connectivity index (χ2v) is 4.10. The van der Waals surface area contributed by atoms with Crippen molar-refractivity contribution >= 4 is 17.7 Å². The maximum Gasteiger partial charge on any atom is 0.344 e. The summed E-state index contributed by atoms with van der Waals surface area (Å²) < 4.78 is 10.1. The summed E-state index contributed by atoms with van der Waals surface area (Å²) in [6.45, 7) is 8.08. The third-order valence-corrected chi connectivity index (χ3v) is 2.76. The second kappa shape index (κ2) is 9.83. The Labute approximate surface area is 114 Å². The molecule has 0 aliphatic carbocycles. The van der Waals surface area contributed by atoms with Crippen molar-refractivity contribution < 1.29 is 14.3 Å². The van der Waals surface area contributed by atoms with Crippen molar-refractivity contribution in [3.63, 3.8) is 0 Å². The summed E-state index contributed by atoms with van der Waals surface area (Å²) in [6.07, 6.45) is 2.02. The van der Waals surface area contributed by atoms with E-state index < -0.39 is 0 Å². The molecule has 0 aliphatic heterocycles. The van der Waals surface area contributed by atoms with E-state index in [2.05, 4.69) is 0 Å². The van der Waals surface area contributed by atoms with Crippen LogP contribution in [-0.4, -0.2) is 25.4 Å². The minimum Gasteiger partial charge on any atom is -0.482 e. The summed E-state index contributed by atoms with van der Waals surface area (Å²) in [5.41, 5.74) is 1.02. The molecule has 0 aliphatic rings. The van der Waals surface area contributed by atoms with Crippen LogP contribution in [0.3, 0.4) is 0 Å². The smallest absolute Gasteiger partial charge is 0.344 e. The van der Waals surface area contributed by atoms with Crippen molar-refractivity contribution in [1.82, 2.24) is 0 Å². The zero-order valence-electron chi connectivity index (χ0n) is 11.8. The lowest BCUT2D eigenvalue weighted by Gasteiger charge is -2.09. The Hall–Kier alpha value is -1.16. The van der Waals surface area contributed by atoms with Gasteiger partial charge in [-0.05, 0) is 43.9 Å². The zero-order valence-corrected chi connectivity index (χ0v) is 12.6. The van der Waals surface area contributed by atoms with Gasteiger partial charge in [-0.2, -0.15) is 0 Å². The number of carbonyl (C=O) groups is 1. The van der Waals surface area contributed by atoms with E-state index in [9.17, 15) is 4.79 Å². The summed E-state index contributed by atoms with van der Waals surface area (Å²) in [5, 5.41) is 0. The van der Waals surface area contributed by atoms with E-state index in [4.69, 9.17) is 9.47 Å². The summed E-state index contributed by atoms with van der Waals surface area (Å²) in [7, 11) is 0. The molecule has 4 heteroatoms. The van der Waals surface area contributed by atoms with Crippen LogP contribution < -0.4 is 4.74 Å². The molecule has 0 saturated heterocycles. The third-order valence-electron chi connectivity index (χ3n) is 2.03. The van der Waals surface area contributed by atoms with Crippen molar-refractivity contribution in [2.45, 2.75) is 32.6 Å². The van der Waals surface area contributed by atoms with Gasteiger partial charge in [-0.3, -0.25) is 0 Å². The highest BCUT2D eigenvalue weighted by Gasteiger charge is 2.05. The van der Waals surface area contributed by atoms with Crippen LogP contribution in [0.5, 0.6) is 5.75 Å². The first-order valence-electron chi connectivity index (χ1n) is 6.10. The largest absolute Gasteiger partial charge is 0.482 e. The third kappa shape index (κ3) is 5.96. The lowest BCUT2D eigenvalue weighted by atomic mass is 10.2. The van der Waals surface area contributed by atoms with Gasteiger partial charge >= 0.3 is 5.97 Å². The van der Waals surface area contributed by atoms with Crippen LogP contribution in [0.25, 0.3) is 0 Å².